The standard InChI is InChI=1S/C15H12FNO/c1-18-15-8-3-2-5-10(15)14-9-11-12(16)6-4-7-13(11)17-14/h2-9,17H,1H3. The van der Waals surface area contributed by atoms with Crippen LogP contribution in [0.1, 0.15) is 0 Å². The molecule has 90 valence electrons. The van der Waals surface area contributed by atoms with Crippen molar-refractivity contribution < 1.29 is 9.13 Å². The minimum atomic E-state index is -0.218. The molecule has 3 rings (SSSR count). The Hall–Kier alpha value is -2.29. The molecule has 0 fully saturated rings. The Morgan fingerprint density at radius 2 is 1.89 bits per heavy atom. The number of nitrogens with one attached hydrogen (secondary N) is 1. The molecule has 0 amide bonds. The van der Waals surface area contributed by atoms with E-state index in [4.69, 9.17) is 4.74 Å². The van der Waals surface area contributed by atoms with Gasteiger partial charge in [0.05, 0.1) is 12.8 Å². The third kappa shape index (κ3) is 1.64. The zero-order valence-corrected chi connectivity index (χ0v) is 9.91. The molecule has 3 heteroatoms. The van der Waals surface area contributed by atoms with Gasteiger partial charge < -0.3 is 9.72 Å². The molecule has 1 N–H and O–H groups in total. The molecule has 2 aromatic carbocycles. The second-order valence-electron chi connectivity index (χ2n) is 4.08. The molecule has 0 aliphatic heterocycles. The number of H-pyrrole nitrogens is 1. The topological polar surface area (TPSA) is 25.0 Å². The van der Waals surface area contributed by atoms with Crippen LogP contribution in [0.4, 0.5) is 4.39 Å². The SMILES string of the molecule is COc1ccccc1-c1cc2c(F)cccc2[nH]1. The van der Waals surface area contributed by atoms with E-state index in [2.05, 4.69) is 4.98 Å². The highest BCUT2D eigenvalue weighted by molar-refractivity contribution is 5.87. The molecule has 0 aliphatic carbocycles. The smallest absolute Gasteiger partial charge is 0.132 e. The molecular weight excluding hydrogens is 229 g/mol. The van der Waals surface area contributed by atoms with Crippen LogP contribution in [0.5, 0.6) is 5.75 Å². The van der Waals surface area contributed by atoms with E-state index in [0.717, 1.165) is 22.5 Å². The van der Waals surface area contributed by atoms with Crippen LogP contribution in [0.15, 0.2) is 48.5 Å². The minimum absolute atomic E-state index is 0.218. The summed E-state index contributed by atoms with van der Waals surface area (Å²) in [6.45, 7) is 0. The molecule has 1 heterocycles. The summed E-state index contributed by atoms with van der Waals surface area (Å²) in [6, 6.07) is 14.5. The highest BCUT2D eigenvalue weighted by atomic mass is 19.1. The Morgan fingerprint density at radius 3 is 2.67 bits per heavy atom. The Labute approximate surface area is 104 Å². The van der Waals surface area contributed by atoms with Crippen LogP contribution in [-0.4, -0.2) is 12.1 Å². The fourth-order valence-electron chi connectivity index (χ4n) is 2.13. The zero-order chi connectivity index (χ0) is 12.5. The van der Waals surface area contributed by atoms with Crippen molar-refractivity contribution in [3.63, 3.8) is 0 Å². The molecular formula is C15H12FNO. The van der Waals surface area contributed by atoms with E-state index in [0.29, 0.717) is 5.39 Å². The summed E-state index contributed by atoms with van der Waals surface area (Å²) < 4.78 is 19.0. The summed E-state index contributed by atoms with van der Waals surface area (Å²) >= 11 is 0. The molecule has 18 heavy (non-hydrogen) atoms. The Morgan fingerprint density at radius 1 is 1.06 bits per heavy atom. The van der Waals surface area contributed by atoms with E-state index in [1.807, 2.05) is 36.4 Å². The van der Waals surface area contributed by atoms with Gasteiger partial charge in [-0.1, -0.05) is 18.2 Å². The molecule has 0 radical (unpaired) electrons. The Bertz CT molecular complexity index is 703. The first kappa shape index (κ1) is 10.8. The van der Waals surface area contributed by atoms with Gasteiger partial charge in [-0.05, 0) is 30.3 Å². The van der Waals surface area contributed by atoms with Crippen molar-refractivity contribution in [2.24, 2.45) is 0 Å². The van der Waals surface area contributed by atoms with Crippen LogP contribution in [-0.2, 0) is 0 Å². The van der Waals surface area contributed by atoms with Crippen LogP contribution in [0, 0.1) is 5.82 Å². The van der Waals surface area contributed by atoms with E-state index >= 15 is 0 Å². The monoisotopic (exact) mass is 241 g/mol. The molecule has 0 spiro atoms. The highest BCUT2D eigenvalue weighted by Gasteiger charge is 2.09. The lowest BCUT2D eigenvalue weighted by molar-refractivity contribution is 0.416. The highest BCUT2D eigenvalue weighted by Crippen LogP contribution is 2.31. The number of aromatic nitrogens is 1. The zero-order valence-electron chi connectivity index (χ0n) is 9.91. The number of para-hydroxylation sites is 1. The van der Waals surface area contributed by atoms with Crippen LogP contribution in [0.3, 0.4) is 0 Å². The third-order valence-electron chi connectivity index (χ3n) is 3.01. The lowest BCUT2D eigenvalue weighted by Crippen LogP contribution is -1.86. The van der Waals surface area contributed by atoms with Gasteiger partial charge >= 0.3 is 0 Å². The maximum absolute atomic E-state index is 13.6. The number of rotatable bonds is 2. The van der Waals surface area contributed by atoms with Crippen LogP contribution in [0.25, 0.3) is 22.2 Å². The fraction of sp³-hybridized carbons (Fsp3) is 0.0667. The first-order valence-electron chi connectivity index (χ1n) is 5.70. The van der Waals surface area contributed by atoms with Gasteiger partial charge in [-0.2, -0.15) is 0 Å². The number of hydrogen-bond donors (Lipinski definition) is 1. The number of ether oxygens (including phenoxy) is 1. The van der Waals surface area contributed by atoms with E-state index in [-0.39, 0.29) is 5.82 Å². The minimum Gasteiger partial charge on any atom is -0.496 e. The quantitative estimate of drug-likeness (QED) is 0.721. The van der Waals surface area contributed by atoms with E-state index in [1.54, 1.807) is 13.2 Å². The summed E-state index contributed by atoms with van der Waals surface area (Å²) in [4.78, 5) is 3.21. The summed E-state index contributed by atoms with van der Waals surface area (Å²) in [5.74, 6) is 0.550. The number of fused-ring (bicyclic) bond motifs is 1. The molecule has 0 saturated carbocycles. The predicted molar refractivity (Wildman–Crippen MR) is 70.2 cm³/mol. The normalized spacial score (nSPS) is 10.8. The molecule has 0 bridgehead atoms. The van der Waals surface area contributed by atoms with E-state index in [1.165, 1.54) is 6.07 Å². The van der Waals surface area contributed by atoms with Crippen molar-refractivity contribution in [3.05, 3.63) is 54.3 Å². The van der Waals surface area contributed by atoms with Gasteiger partial charge in [0, 0.05) is 16.5 Å². The van der Waals surface area contributed by atoms with Gasteiger partial charge in [0.2, 0.25) is 0 Å². The van der Waals surface area contributed by atoms with Gasteiger partial charge in [0.25, 0.3) is 0 Å². The number of benzene rings is 2. The van der Waals surface area contributed by atoms with E-state index in [9.17, 15) is 4.39 Å². The molecule has 2 nitrogen and oxygen atoms in total. The number of halogens is 1. The lowest BCUT2D eigenvalue weighted by atomic mass is 10.1. The summed E-state index contributed by atoms with van der Waals surface area (Å²) in [7, 11) is 1.63. The third-order valence-corrected chi connectivity index (χ3v) is 3.01. The Balaban J connectivity index is 2.23. The summed E-state index contributed by atoms with van der Waals surface area (Å²) in [5, 5.41) is 0.596. The second-order valence-corrected chi connectivity index (χ2v) is 4.08. The van der Waals surface area contributed by atoms with Gasteiger partial charge in [-0.3, -0.25) is 0 Å². The van der Waals surface area contributed by atoms with Crippen LogP contribution in [0.2, 0.25) is 0 Å². The first-order chi connectivity index (χ1) is 8.79. The second kappa shape index (κ2) is 4.18. The van der Waals surface area contributed by atoms with E-state index < -0.39 is 0 Å². The summed E-state index contributed by atoms with van der Waals surface area (Å²) in [6.07, 6.45) is 0. The van der Waals surface area contributed by atoms with Gasteiger partial charge in [0.1, 0.15) is 11.6 Å². The van der Waals surface area contributed by atoms with Gasteiger partial charge in [-0.25, -0.2) is 4.39 Å². The lowest BCUT2D eigenvalue weighted by Gasteiger charge is -2.05. The average molecular weight is 241 g/mol. The Kier molecular flexibility index (Phi) is 2.52. The molecule has 3 aromatic rings. The number of hydrogen-bond acceptors (Lipinski definition) is 1. The molecule has 1 aromatic heterocycles. The average Bonchev–Trinajstić information content (AvgIpc) is 2.84. The summed E-state index contributed by atoms with van der Waals surface area (Å²) in [5.41, 5.74) is 2.57. The molecule has 0 aliphatic rings. The van der Waals surface area contributed by atoms with Crippen molar-refractivity contribution in [2.45, 2.75) is 0 Å². The van der Waals surface area contributed by atoms with Gasteiger partial charge in [-0.15, -0.1) is 0 Å². The first-order valence-corrected chi connectivity index (χ1v) is 5.70. The molecule has 0 saturated heterocycles. The van der Waals surface area contributed by atoms with Crippen molar-refractivity contribution in [3.8, 4) is 17.0 Å². The maximum Gasteiger partial charge on any atom is 0.132 e. The maximum atomic E-state index is 13.6. The number of aromatic amines is 1. The van der Waals surface area contributed by atoms with Crippen LogP contribution < -0.4 is 4.74 Å². The van der Waals surface area contributed by atoms with Crippen LogP contribution >= 0.6 is 0 Å². The predicted octanol–water partition coefficient (Wildman–Crippen LogP) is 3.98. The molecule has 0 unspecified atom stereocenters. The van der Waals surface area contributed by atoms with Crippen molar-refractivity contribution in [1.82, 2.24) is 4.98 Å². The number of methoxy groups -OCH3 is 1. The van der Waals surface area contributed by atoms with Crippen molar-refractivity contribution in [2.75, 3.05) is 7.11 Å². The molecule has 0 atom stereocenters. The fourth-order valence-corrected chi connectivity index (χ4v) is 2.13. The van der Waals surface area contributed by atoms with Crippen molar-refractivity contribution in [1.29, 1.82) is 0 Å². The largest absolute Gasteiger partial charge is 0.496 e. The van der Waals surface area contributed by atoms with Gasteiger partial charge in [0.15, 0.2) is 0 Å². The van der Waals surface area contributed by atoms with Crippen molar-refractivity contribution >= 4 is 10.9 Å².